The van der Waals surface area contributed by atoms with Crippen molar-refractivity contribution in [3.8, 4) is 11.1 Å². The van der Waals surface area contributed by atoms with Crippen molar-refractivity contribution >= 4 is 5.69 Å². The molecule has 2 rings (SSSR count). The molecule has 2 aromatic rings. The molecule has 1 aromatic heterocycles. The summed E-state index contributed by atoms with van der Waals surface area (Å²) in [6.07, 6.45) is 9.11. The SMILES string of the molecule is CCCCCCn1cc(-c2ccc(N)cc2)cn1. The Morgan fingerprint density at radius 2 is 1.83 bits per heavy atom. The third-order valence-corrected chi connectivity index (χ3v) is 3.12. The predicted molar refractivity (Wildman–Crippen MR) is 76.2 cm³/mol. The molecule has 3 heteroatoms. The molecule has 0 saturated heterocycles. The fourth-order valence-corrected chi connectivity index (χ4v) is 2.01. The highest BCUT2D eigenvalue weighted by Crippen LogP contribution is 2.19. The number of benzene rings is 1. The fraction of sp³-hybridized carbons (Fsp3) is 0.400. The van der Waals surface area contributed by atoms with Crippen LogP contribution in [-0.4, -0.2) is 9.78 Å². The van der Waals surface area contributed by atoms with Crippen molar-refractivity contribution in [3.05, 3.63) is 36.7 Å². The minimum Gasteiger partial charge on any atom is -0.399 e. The number of unbranched alkanes of at least 4 members (excludes halogenated alkanes) is 3. The van der Waals surface area contributed by atoms with Crippen LogP contribution in [0, 0.1) is 0 Å². The molecule has 0 fully saturated rings. The second-order valence-corrected chi connectivity index (χ2v) is 4.67. The maximum absolute atomic E-state index is 5.68. The van der Waals surface area contributed by atoms with Gasteiger partial charge in [-0.05, 0) is 24.1 Å². The Labute approximate surface area is 109 Å². The Balaban J connectivity index is 1.95. The number of hydrogen-bond acceptors (Lipinski definition) is 2. The summed E-state index contributed by atoms with van der Waals surface area (Å²) in [7, 11) is 0. The van der Waals surface area contributed by atoms with Crippen molar-refractivity contribution in [3.63, 3.8) is 0 Å². The summed E-state index contributed by atoms with van der Waals surface area (Å²) < 4.78 is 2.03. The average Bonchev–Trinajstić information content (AvgIpc) is 2.84. The van der Waals surface area contributed by atoms with Gasteiger partial charge in [0, 0.05) is 24.0 Å². The molecular weight excluding hydrogens is 222 g/mol. The topological polar surface area (TPSA) is 43.8 Å². The number of nitrogen functional groups attached to an aromatic ring is 1. The monoisotopic (exact) mass is 243 g/mol. The standard InChI is InChI=1S/C15H21N3/c1-2-3-4-5-10-18-12-14(11-17-18)13-6-8-15(16)9-7-13/h6-9,11-12H,2-5,10,16H2,1H3. The number of nitrogens with zero attached hydrogens (tertiary/aromatic N) is 2. The zero-order valence-electron chi connectivity index (χ0n) is 11.0. The minimum absolute atomic E-state index is 0.797. The van der Waals surface area contributed by atoms with E-state index in [0.29, 0.717) is 0 Å². The number of hydrogen-bond donors (Lipinski definition) is 1. The van der Waals surface area contributed by atoms with Crippen LogP contribution in [-0.2, 0) is 6.54 Å². The van der Waals surface area contributed by atoms with Crippen molar-refractivity contribution in [2.45, 2.75) is 39.2 Å². The summed E-state index contributed by atoms with van der Waals surface area (Å²) in [4.78, 5) is 0. The zero-order valence-corrected chi connectivity index (χ0v) is 11.0. The first-order valence-electron chi connectivity index (χ1n) is 6.68. The highest BCUT2D eigenvalue weighted by Gasteiger charge is 2.01. The summed E-state index contributed by atoms with van der Waals surface area (Å²) in [5.74, 6) is 0. The molecule has 0 unspecified atom stereocenters. The van der Waals surface area contributed by atoms with E-state index in [0.717, 1.165) is 17.8 Å². The Morgan fingerprint density at radius 1 is 1.06 bits per heavy atom. The van der Waals surface area contributed by atoms with Crippen molar-refractivity contribution in [2.24, 2.45) is 0 Å². The van der Waals surface area contributed by atoms with Crippen LogP contribution >= 0.6 is 0 Å². The lowest BCUT2D eigenvalue weighted by molar-refractivity contribution is 0.541. The lowest BCUT2D eigenvalue weighted by Crippen LogP contribution is -1.97. The van der Waals surface area contributed by atoms with Gasteiger partial charge in [0.25, 0.3) is 0 Å². The van der Waals surface area contributed by atoms with E-state index in [1.165, 1.54) is 31.2 Å². The number of aryl methyl sites for hydroxylation is 1. The Morgan fingerprint density at radius 3 is 2.56 bits per heavy atom. The van der Waals surface area contributed by atoms with Gasteiger partial charge in [-0.15, -0.1) is 0 Å². The largest absolute Gasteiger partial charge is 0.399 e. The van der Waals surface area contributed by atoms with Crippen LogP contribution in [0.3, 0.4) is 0 Å². The first-order valence-corrected chi connectivity index (χ1v) is 6.68. The van der Waals surface area contributed by atoms with E-state index in [1.807, 2.05) is 35.1 Å². The first kappa shape index (κ1) is 12.7. The summed E-state index contributed by atoms with van der Waals surface area (Å²) in [5, 5.41) is 4.40. The third-order valence-electron chi connectivity index (χ3n) is 3.12. The molecule has 0 atom stereocenters. The van der Waals surface area contributed by atoms with Crippen molar-refractivity contribution in [1.29, 1.82) is 0 Å². The van der Waals surface area contributed by atoms with Gasteiger partial charge in [-0.3, -0.25) is 4.68 Å². The van der Waals surface area contributed by atoms with Crippen molar-refractivity contribution < 1.29 is 0 Å². The molecular formula is C15H21N3. The first-order chi connectivity index (χ1) is 8.79. The van der Waals surface area contributed by atoms with E-state index in [1.54, 1.807) is 0 Å². The van der Waals surface area contributed by atoms with Crippen molar-refractivity contribution in [1.82, 2.24) is 9.78 Å². The molecule has 0 amide bonds. The second kappa shape index (κ2) is 6.24. The van der Waals surface area contributed by atoms with Crippen LogP contribution in [0.25, 0.3) is 11.1 Å². The van der Waals surface area contributed by atoms with E-state index in [4.69, 9.17) is 5.73 Å². The molecule has 3 nitrogen and oxygen atoms in total. The molecule has 0 aliphatic rings. The molecule has 96 valence electrons. The molecule has 1 heterocycles. The van der Waals surface area contributed by atoms with Crippen LogP contribution in [0.2, 0.25) is 0 Å². The van der Waals surface area contributed by atoms with E-state index in [9.17, 15) is 0 Å². The van der Waals surface area contributed by atoms with E-state index in [-0.39, 0.29) is 0 Å². The number of anilines is 1. The molecule has 0 aliphatic carbocycles. The van der Waals surface area contributed by atoms with Gasteiger partial charge >= 0.3 is 0 Å². The number of rotatable bonds is 6. The molecule has 0 saturated carbocycles. The van der Waals surface area contributed by atoms with Crippen LogP contribution in [0.5, 0.6) is 0 Å². The van der Waals surface area contributed by atoms with Gasteiger partial charge in [0.1, 0.15) is 0 Å². The Hall–Kier alpha value is -1.77. The van der Waals surface area contributed by atoms with E-state index < -0.39 is 0 Å². The molecule has 2 N–H and O–H groups in total. The van der Waals surface area contributed by atoms with Gasteiger partial charge < -0.3 is 5.73 Å². The van der Waals surface area contributed by atoms with Crippen molar-refractivity contribution in [2.75, 3.05) is 5.73 Å². The van der Waals surface area contributed by atoms with Crippen LogP contribution in [0.4, 0.5) is 5.69 Å². The molecule has 0 radical (unpaired) electrons. The van der Waals surface area contributed by atoms with E-state index in [2.05, 4.69) is 18.2 Å². The summed E-state index contributed by atoms with van der Waals surface area (Å²) in [6, 6.07) is 7.92. The normalized spacial score (nSPS) is 10.7. The second-order valence-electron chi connectivity index (χ2n) is 4.67. The maximum atomic E-state index is 5.68. The Bertz CT molecular complexity index is 471. The molecule has 1 aromatic carbocycles. The lowest BCUT2D eigenvalue weighted by Gasteiger charge is -2.00. The zero-order chi connectivity index (χ0) is 12.8. The van der Waals surface area contributed by atoms with Gasteiger partial charge in [-0.2, -0.15) is 5.10 Å². The van der Waals surface area contributed by atoms with E-state index >= 15 is 0 Å². The van der Waals surface area contributed by atoms with Crippen LogP contribution in [0.15, 0.2) is 36.7 Å². The predicted octanol–water partition coefficient (Wildman–Crippen LogP) is 3.71. The van der Waals surface area contributed by atoms with Gasteiger partial charge in [0.15, 0.2) is 0 Å². The molecule has 0 spiro atoms. The fourth-order valence-electron chi connectivity index (χ4n) is 2.01. The van der Waals surface area contributed by atoms with Crippen LogP contribution < -0.4 is 5.73 Å². The lowest BCUT2D eigenvalue weighted by atomic mass is 10.1. The third kappa shape index (κ3) is 3.36. The molecule has 0 bridgehead atoms. The highest BCUT2D eigenvalue weighted by atomic mass is 15.3. The smallest absolute Gasteiger partial charge is 0.0568 e. The molecule has 0 aliphatic heterocycles. The number of aromatic nitrogens is 2. The average molecular weight is 243 g/mol. The summed E-state index contributed by atoms with van der Waals surface area (Å²) in [5.41, 5.74) is 8.81. The van der Waals surface area contributed by atoms with Gasteiger partial charge in [-0.25, -0.2) is 0 Å². The molecule has 18 heavy (non-hydrogen) atoms. The number of nitrogens with two attached hydrogens (primary N) is 1. The summed E-state index contributed by atoms with van der Waals surface area (Å²) in [6.45, 7) is 3.24. The highest BCUT2D eigenvalue weighted by molar-refractivity contribution is 5.63. The quantitative estimate of drug-likeness (QED) is 0.621. The Kier molecular flexibility index (Phi) is 4.40. The van der Waals surface area contributed by atoms with Gasteiger partial charge in [0.2, 0.25) is 0 Å². The van der Waals surface area contributed by atoms with Crippen LogP contribution in [0.1, 0.15) is 32.6 Å². The van der Waals surface area contributed by atoms with Gasteiger partial charge in [0.05, 0.1) is 6.20 Å². The maximum Gasteiger partial charge on any atom is 0.0568 e. The minimum atomic E-state index is 0.797. The summed E-state index contributed by atoms with van der Waals surface area (Å²) >= 11 is 0. The van der Waals surface area contributed by atoms with Gasteiger partial charge in [-0.1, -0.05) is 38.3 Å².